The fraction of sp³-hybridized carbons (Fsp3) is 0.837. The van der Waals surface area contributed by atoms with Crippen molar-refractivity contribution in [1.29, 1.82) is 0 Å². The van der Waals surface area contributed by atoms with Crippen molar-refractivity contribution in [2.24, 2.45) is 56.7 Å². The number of alkyl carbamates (subject to hydrolysis) is 1. The first-order valence-electron chi connectivity index (χ1n) is 20.2. The van der Waals surface area contributed by atoms with E-state index in [4.69, 9.17) is 4.74 Å². The van der Waals surface area contributed by atoms with E-state index in [1.54, 1.807) is 0 Å². The molecule has 6 rings (SSSR count). The molecule has 10 atom stereocenters. The Kier molecular flexibility index (Phi) is 9.93. The maximum absolute atomic E-state index is 14.4. The van der Waals surface area contributed by atoms with Crippen LogP contribution in [0, 0.1) is 56.7 Å². The lowest BCUT2D eigenvalue weighted by Crippen LogP contribution is -2.67. The first-order valence-corrected chi connectivity index (χ1v) is 20.2. The molecule has 3 N–H and O–H groups in total. The zero-order valence-electron chi connectivity index (χ0n) is 33.5. The number of allylic oxidation sites excluding steroid dienone is 4. The molecule has 8 nitrogen and oxygen atoms in total. The Morgan fingerprint density at radius 1 is 0.902 bits per heavy atom. The molecule has 0 aromatic carbocycles. The number of hydrogen-bond donors (Lipinski definition) is 3. The Labute approximate surface area is 308 Å². The smallest absolute Gasteiger partial charge is 0.407 e. The molecule has 0 radical (unpaired) electrons. The molecule has 4 saturated carbocycles. The summed E-state index contributed by atoms with van der Waals surface area (Å²) < 4.78 is 5.80. The van der Waals surface area contributed by atoms with Crippen LogP contribution in [0.15, 0.2) is 23.3 Å². The van der Waals surface area contributed by atoms with Gasteiger partial charge in [-0.3, -0.25) is 9.59 Å². The highest BCUT2D eigenvalue weighted by Gasteiger charge is 2.71. The lowest BCUT2D eigenvalue weighted by atomic mass is 9.32. The largest absolute Gasteiger partial charge is 0.481 e. The van der Waals surface area contributed by atoms with Crippen molar-refractivity contribution in [3.8, 4) is 0 Å². The number of nitrogens with one attached hydrogen (secondary N) is 2. The van der Waals surface area contributed by atoms with Crippen LogP contribution in [0.25, 0.3) is 0 Å². The molecule has 0 saturated heterocycles. The third-order valence-corrected chi connectivity index (χ3v) is 16.1. The van der Waals surface area contributed by atoms with Gasteiger partial charge in [0, 0.05) is 19.1 Å². The number of carbonyl (C=O) groups excluding carboxylic acids is 2. The summed E-state index contributed by atoms with van der Waals surface area (Å²) in [6, 6.07) is -0.0836. The topological polar surface area (TPSA) is 108 Å². The molecule has 6 aliphatic carbocycles. The van der Waals surface area contributed by atoms with Gasteiger partial charge in [-0.1, -0.05) is 46.8 Å². The molecule has 0 aromatic rings. The molecule has 0 aromatic heterocycles. The van der Waals surface area contributed by atoms with Crippen LogP contribution in [0.1, 0.15) is 132 Å². The number of likely N-dealkylation sites (N-methyl/N-ethyl adjacent to an activating group) is 1. The van der Waals surface area contributed by atoms with Crippen LogP contribution in [0.4, 0.5) is 4.79 Å². The van der Waals surface area contributed by atoms with Crippen molar-refractivity contribution >= 4 is 18.0 Å². The summed E-state index contributed by atoms with van der Waals surface area (Å²) >= 11 is 0. The summed E-state index contributed by atoms with van der Waals surface area (Å²) in [7, 11) is 4.08. The second kappa shape index (κ2) is 13.2. The molecule has 51 heavy (non-hydrogen) atoms. The van der Waals surface area contributed by atoms with Gasteiger partial charge < -0.3 is 25.4 Å². The predicted molar refractivity (Wildman–Crippen MR) is 202 cm³/mol. The molecule has 0 bridgehead atoms. The zero-order valence-corrected chi connectivity index (χ0v) is 33.5. The van der Waals surface area contributed by atoms with Crippen LogP contribution in [0.2, 0.25) is 0 Å². The van der Waals surface area contributed by atoms with E-state index in [9.17, 15) is 19.5 Å². The number of fused-ring (bicyclic) bond motifs is 7. The van der Waals surface area contributed by atoms with E-state index in [2.05, 4.69) is 62.3 Å². The Morgan fingerprint density at radius 2 is 1.63 bits per heavy atom. The van der Waals surface area contributed by atoms with Crippen molar-refractivity contribution < 1.29 is 24.2 Å². The predicted octanol–water partition coefficient (Wildman–Crippen LogP) is 8.37. The SMILES string of the molecule is CN(C)CCNC(=O)C12CCC(NC(=O)OC(C)(C)C)C1C1CCC3C4(C)CC=C(C5=CCC(C(=O)O)CC5)C(C)(C)C4CCC3(C)C1(C)CC2. The van der Waals surface area contributed by atoms with Crippen LogP contribution in [-0.4, -0.2) is 66.8 Å². The van der Waals surface area contributed by atoms with Crippen molar-refractivity contribution in [3.63, 3.8) is 0 Å². The monoisotopic (exact) mass is 708 g/mol. The molecule has 2 amide bonds. The van der Waals surface area contributed by atoms with Crippen molar-refractivity contribution in [3.05, 3.63) is 23.3 Å². The molecule has 4 fully saturated rings. The second-order valence-corrected chi connectivity index (χ2v) is 20.3. The Balaban J connectivity index is 1.31. The third kappa shape index (κ3) is 6.29. The number of nitrogens with zero attached hydrogens (tertiary/aromatic N) is 1. The summed E-state index contributed by atoms with van der Waals surface area (Å²) in [6.07, 6.45) is 15.9. The highest BCUT2D eigenvalue weighted by atomic mass is 16.6. The summed E-state index contributed by atoms with van der Waals surface area (Å²) in [5.74, 6) is 0.805. The quantitative estimate of drug-likeness (QED) is 0.246. The van der Waals surface area contributed by atoms with Gasteiger partial charge in [-0.05, 0) is 168 Å². The molecular weight excluding hydrogens is 638 g/mol. The van der Waals surface area contributed by atoms with Crippen LogP contribution in [-0.2, 0) is 14.3 Å². The lowest BCUT2D eigenvalue weighted by Gasteiger charge is -2.72. The maximum atomic E-state index is 14.4. The van der Waals surface area contributed by atoms with E-state index in [1.807, 2.05) is 34.9 Å². The summed E-state index contributed by atoms with van der Waals surface area (Å²) in [5.41, 5.74) is 2.16. The highest BCUT2D eigenvalue weighted by Crippen LogP contribution is 2.77. The van der Waals surface area contributed by atoms with E-state index in [-0.39, 0.29) is 51.5 Å². The average Bonchev–Trinajstić information content (AvgIpc) is 3.39. The van der Waals surface area contributed by atoms with E-state index in [0.717, 1.165) is 64.3 Å². The lowest BCUT2D eigenvalue weighted by molar-refractivity contribution is -0.225. The number of carbonyl (C=O) groups is 3. The first kappa shape index (κ1) is 38.4. The van der Waals surface area contributed by atoms with Gasteiger partial charge in [-0.25, -0.2) is 4.79 Å². The Bertz CT molecular complexity index is 1460. The molecule has 8 heteroatoms. The molecule has 0 spiro atoms. The number of carboxylic acid groups (broad SMARTS) is 1. The van der Waals surface area contributed by atoms with Gasteiger partial charge in [0.25, 0.3) is 0 Å². The summed E-state index contributed by atoms with van der Waals surface area (Å²) in [6.45, 7) is 19.9. The molecule has 286 valence electrons. The van der Waals surface area contributed by atoms with Gasteiger partial charge in [0.15, 0.2) is 0 Å². The van der Waals surface area contributed by atoms with E-state index < -0.39 is 17.0 Å². The number of amides is 2. The van der Waals surface area contributed by atoms with Crippen molar-refractivity contribution in [2.75, 3.05) is 27.2 Å². The highest BCUT2D eigenvalue weighted by molar-refractivity contribution is 5.84. The number of ether oxygens (including phenoxy) is 1. The molecular formula is C43H69N3O5. The fourth-order valence-corrected chi connectivity index (χ4v) is 13.6. The van der Waals surface area contributed by atoms with Gasteiger partial charge >= 0.3 is 12.1 Å². The number of rotatable bonds is 7. The Hall–Kier alpha value is -2.35. The van der Waals surface area contributed by atoms with Gasteiger partial charge in [0.05, 0.1) is 11.3 Å². The van der Waals surface area contributed by atoms with Crippen LogP contribution in [0.5, 0.6) is 0 Å². The first-order chi connectivity index (χ1) is 23.7. The minimum absolute atomic E-state index is 0.0220. The standard InChI is InChI=1S/C43H69N3O5/c1-38(2,3)51-37(50)45-31-18-22-43(36(49)44-25-26-46(9)10)24-23-41(7)30(34(31)43)15-16-33-40(6)20-17-29(27-11-13-28(14-12-27)35(47)48)39(4,5)32(40)19-21-42(33,41)8/h11,17,28,30-34H,12-16,18-26H2,1-10H3,(H,44,49)(H,45,50)(H,47,48). The van der Waals surface area contributed by atoms with E-state index in [0.29, 0.717) is 30.7 Å². The molecule has 0 heterocycles. The van der Waals surface area contributed by atoms with Crippen LogP contribution >= 0.6 is 0 Å². The third-order valence-electron chi connectivity index (χ3n) is 16.1. The fourth-order valence-electron chi connectivity index (χ4n) is 13.6. The zero-order chi connectivity index (χ0) is 37.4. The minimum Gasteiger partial charge on any atom is -0.481 e. The molecule has 6 aliphatic rings. The van der Waals surface area contributed by atoms with E-state index >= 15 is 0 Å². The second-order valence-electron chi connectivity index (χ2n) is 20.3. The Morgan fingerprint density at radius 3 is 2.25 bits per heavy atom. The van der Waals surface area contributed by atoms with Crippen molar-refractivity contribution in [1.82, 2.24) is 15.5 Å². The summed E-state index contributed by atoms with van der Waals surface area (Å²) in [5, 5.41) is 16.3. The van der Waals surface area contributed by atoms with Gasteiger partial charge in [-0.15, -0.1) is 0 Å². The van der Waals surface area contributed by atoms with Gasteiger partial charge in [-0.2, -0.15) is 0 Å². The number of aliphatic carboxylic acids is 1. The maximum Gasteiger partial charge on any atom is 0.407 e. The average molecular weight is 708 g/mol. The van der Waals surface area contributed by atoms with Crippen LogP contribution in [0.3, 0.4) is 0 Å². The van der Waals surface area contributed by atoms with Crippen molar-refractivity contribution in [2.45, 2.75) is 144 Å². The summed E-state index contributed by atoms with van der Waals surface area (Å²) in [4.78, 5) is 41.5. The number of hydrogen-bond acceptors (Lipinski definition) is 5. The minimum atomic E-state index is -0.667. The van der Waals surface area contributed by atoms with Crippen LogP contribution < -0.4 is 10.6 Å². The van der Waals surface area contributed by atoms with Gasteiger partial charge in [0.1, 0.15) is 5.60 Å². The molecule has 0 aliphatic heterocycles. The van der Waals surface area contributed by atoms with Gasteiger partial charge in [0.2, 0.25) is 5.91 Å². The normalized spacial score (nSPS) is 41.5. The molecule has 10 unspecified atom stereocenters. The number of carboxylic acids is 1. The van der Waals surface area contributed by atoms with E-state index in [1.165, 1.54) is 24.0 Å².